The van der Waals surface area contributed by atoms with Gasteiger partial charge in [0.05, 0.1) is 44.7 Å². The lowest BCUT2D eigenvalue weighted by Crippen LogP contribution is -2.00. The fourth-order valence-corrected chi connectivity index (χ4v) is 5.00. The van der Waals surface area contributed by atoms with Crippen LogP contribution in [0, 0.1) is 45.3 Å². The zero-order valence-electron chi connectivity index (χ0n) is 20.4. The Balaban J connectivity index is 1.31. The van der Waals surface area contributed by atoms with Gasteiger partial charge in [0.2, 0.25) is 0 Å². The maximum Gasteiger partial charge on any atom is 0.121 e. The van der Waals surface area contributed by atoms with Crippen LogP contribution in [0.4, 0.5) is 0 Å². The molecule has 182 valence electrons. The SMILES string of the molecule is N#Cc1cc2ccc3c(nnn3-c3ccc(-n4nnc5c6cc(C#N)c(C#N)cc6ccc54)cc3)c2cc1C#N. The predicted molar refractivity (Wildman–Crippen MR) is 145 cm³/mol. The molecule has 0 amide bonds. The second-order valence-electron chi connectivity index (χ2n) is 9.07. The molecule has 40 heavy (non-hydrogen) atoms. The fourth-order valence-electron chi connectivity index (χ4n) is 5.00. The first-order chi connectivity index (χ1) is 19.6. The molecule has 5 aromatic carbocycles. The molecule has 2 heterocycles. The minimum absolute atomic E-state index is 0.295. The van der Waals surface area contributed by atoms with E-state index in [4.69, 9.17) is 0 Å². The average molecular weight is 512 g/mol. The highest BCUT2D eigenvalue weighted by Crippen LogP contribution is 2.30. The summed E-state index contributed by atoms with van der Waals surface area (Å²) in [6.45, 7) is 0. The monoisotopic (exact) mass is 512 g/mol. The highest BCUT2D eigenvalue weighted by Gasteiger charge is 2.15. The van der Waals surface area contributed by atoms with Crippen LogP contribution in [0.2, 0.25) is 0 Å². The van der Waals surface area contributed by atoms with Gasteiger partial charge >= 0.3 is 0 Å². The highest BCUT2D eigenvalue weighted by atomic mass is 15.4. The zero-order chi connectivity index (χ0) is 27.4. The van der Waals surface area contributed by atoms with E-state index in [1.807, 2.05) is 48.5 Å². The van der Waals surface area contributed by atoms with Crippen molar-refractivity contribution in [1.29, 1.82) is 21.0 Å². The van der Waals surface area contributed by atoms with Gasteiger partial charge in [0.1, 0.15) is 35.3 Å². The molecular formula is C30H12N10. The van der Waals surface area contributed by atoms with Crippen LogP contribution in [0.25, 0.3) is 55.0 Å². The first-order valence-electron chi connectivity index (χ1n) is 12.0. The van der Waals surface area contributed by atoms with E-state index in [1.165, 1.54) is 0 Å². The molecule has 0 aliphatic heterocycles. The number of hydrogen-bond acceptors (Lipinski definition) is 8. The number of nitriles is 4. The molecule has 7 aromatic rings. The minimum atomic E-state index is 0.295. The van der Waals surface area contributed by atoms with Crippen molar-refractivity contribution in [2.24, 2.45) is 0 Å². The summed E-state index contributed by atoms with van der Waals surface area (Å²) in [5, 5.41) is 58.2. The Morgan fingerprint density at radius 3 is 1.23 bits per heavy atom. The van der Waals surface area contributed by atoms with Gasteiger partial charge in [-0.3, -0.25) is 0 Å². The second kappa shape index (κ2) is 8.46. The maximum atomic E-state index is 9.45. The maximum absolute atomic E-state index is 9.45. The Morgan fingerprint density at radius 2 is 0.850 bits per heavy atom. The third-order valence-electron chi connectivity index (χ3n) is 6.96. The molecule has 0 saturated heterocycles. The van der Waals surface area contributed by atoms with Gasteiger partial charge < -0.3 is 0 Å². The summed E-state index contributed by atoms with van der Waals surface area (Å²) in [5.41, 5.74) is 5.57. The molecule has 0 bridgehead atoms. The number of benzene rings is 5. The Kier molecular flexibility index (Phi) is 4.77. The van der Waals surface area contributed by atoms with Crippen LogP contribution >= 0.6 is 0 Å². The number of hydrogen-bond donors (Lipinski definition) is 0. The Morgan fingerprint density at radius 1 is 0.475 bits per heavy atom. The average Bonchev–Trinajstić information content (AvgIpc) is 3.64. The van der Waals surface area contributed by atoms with E-state index in [0.29, 0.717) is 33.3 Å². The van der Waals surface area contributed by atoms with Gasteiger partial charge in [0.25, 0.3) is 0 Å². The Hall–Kier alpha value is -6.62. The molecule has 0 atom stereocenters. The molecule has 0 fully saturated rings. The van der Waals surface area contributed by atoms with Gasteiger partial charge in [-0.05, 0) is 71.4 Å². The quantitative estimate of drug-likeness (QED) is 0.315. The number of aromatic nitrogens is 6. The largest absolute Gasteiger partial charge is 0.213 e. The van der Waals surface area contributed by atoms with Crippen molar-refractivity contribution in [1.82, 2.24) is 30.0 Å². The van der Waals surface area contributed by atoms with Gasteiger partial charge in [0, 0.05) is 10.8 Å². The van der Waals surface area contributed by atoms with Gasteiger partial charge in [-0.1, -0.05) is 22.6 Å². The fraction of sp³-hybridized carbons (Fsp3) is 0. The van der Waals surface area contributed by atoms with Gasteiger partial charge in [-0.25, -0.2) is 9.36 Å². The third-order valence-corrected chi connectivity index (χ3v) is 6.96. The summed E-state index contributed by atoms with van der Waals surface area (Å²) >= 11 is 0. The summed E-state index contributed by atoms with van der Waals surface area (Å²) < 4.78 is 3.43. The van der Waals surface area contributed by atoms with Crippen molar-refractivity contribution in [3.8, 4) is 35.7 Å². The first-order valence-corrected chi connectivity index (χ1v) is 12.0. The van der Waals surface area contributed by atoms with E-state index in [9.17, 15) is 21.0 Å². The zero-order valence-corrected chi connectivity index (χ0v) is 20.4. The van der Waals surface area contributed by atoms with E-state index >= 15 is 0 Å². The van der Waals surface area contributed by atoms with E-state index in [2.05, 4.69) is 44.9 Å². The molecule has 0 radical (unpaired) electrons. The first kappa shape index (κ1) is 22.6. The molecule has 0 aliphatic carbocycles. The Bertz CT molecular complexity index is 2200. The van der Waals surface area contributed by atoms with Crippen molar-refractivity contribution in [2.75, 3.05) is 0 Å². The lowest BCUT2D eigenvalue weighted by molar-refractivity contribution is 0.813. The van der Waals surface area contributed by atoms with Crippen molar-refractivity contribution >= 4 is 43.6 Å². The molecule has 10 nitrogen and oxygen atoms in total. The Labute approximate surface area is 225 Å². The summed E-state index contributed by atoms with van der Waals surface area (Å²) in [7, 11) is 0. The van der Waals surface area contributed by atoms with Crippen molar-refractivity contribution in [3.63, 3.8) is 0 Å². The van der Waals surface area contributed by atoms with Crippen molar-refractivity contribution in [2.45, 2.75) is 0 Å². The topological polar surface area (TPSA) is 157 Å². The summed E-state index contributed by atoms with van der Waals surface area (Å²) in [6.07, 6.45) is 0. The normalized spacial score (nSPS) is 10.9. The molecule has 10 heteroatoms. The van der Waals surface area contributed by atoms with Crippen molar-refractivity contribution < 1.29 is 0 Å². The smallest absolute Gasteiger partial charge is 0.121 e. The van der Waals surface area contributed by atoms with Gasteiger partial charge in [-0.2, -0.15) is 21.0 Å². The molecule has 0 aliphatic rings. The summed E-state index contributed by atoms with van der Waals surface area (Å²) in [5.74, 6) is 0. The van der Waals surface area contributed by atoms with Crippen molar-refractivity contribution in [3.05, 3.63) is 95.1 Å². The van der Waals surface area contributed by atoms with Crippen LogP contribution in [-0.2, 0) is 0 Å². The van der Waals surface area contributed by atoms with Crippen LogP contribution in [0.15, 0.2) is 72.8 Å². The minimum Gasteiger partial charge on any atom is -0.213 e. The molecule has 0 N–H and O–H groups in total. The van der Waals surface area contributed by atoms with E-state index in [0.717, 1.165) is 44.0 Å². The standard InChI is InChI=1S/C30H12N10/c31-13-19-9-17-1-7-27-29(25(17)11-21(19)15-33)35-37-39(27)23-3-5-24(6-4-23)40-28-8-2-18-10-20(14-32)22(16-34)12-26(18)30(28)36-38-40/h1-12H. The summed E-state index contributed by atoms with van der Waals surface area (Å²) in [6, 6.07) is 30.2. The number of fused-ring (bicyclic) bond motifs is 6. The molecule has 2 aromatic heterocycles. The lowest BCUT2D eigenvalue weighted by Gasteiger charge is -2.07. The second-order valence-corrected chi connectivity index (χ2v) is 9.07. The van der Waals surface area contributed by atoms with Crippen LogP contribution in [-0.4, -0.2) is 30.0 Å². The molecule has 0 spiro atoms. The van der Waals surface area contributed by atoms with Crippen LogP contribution in [0.5, 0.6) is 0 Å². The lowest BCUT2D eigenvalue weighted by atomic mass is 10.0. The predicted octanol–water partition coefficient (Wildman–Crippen LogP) is 4.95. The third kappa shape index (κ3) is 3.18. The van der Waals surface area contributed by atoms with E-state index in [1.54, 1.807) is 33.6 Å². The molecule has 0 unspecified atom stereocenters. The molecular weight excluding hydrogens is 500 g/mol. The molecule has 7 rings (SSSR count). The van der Waals surface area contributed by atoms with E-state index < -0.39 is 0 Å². The molecule has 0 saturated carbocycles. The van der Waals surface area contributed by atoms with Crippen LogP contribution in [0.3, 0.4) is 0 Å². The number of rotatable bonds is 2. The number of nitrogens with zero attached hydrogens (tertiary/aromatic N) is 10. The van der Waals surface area contributed by atoms with E-state index in [-0.39, 0.29) is 0 Å². The van der Waals surface area contributed by atoms with Crippen LogP contribution in [0.1, 0.15) is 22.3 Å². The van der Waals surface area contributed by atoms with Gasteiger partial charge in [0.15, 0.2) is 0 Å². The van der Waals surface area contributed by atoms with Gasteiger partial charge in [-0.15, -0.1) is 10.2 Å². The van der Waals surface area contributed by atoms with Crippen LogP contribution < -0.4 is 0 Å². The summed E-state index contributed by atoms with van der Waals surface area (Å²) in [4.78, 5) is 0. The highest BCUT2D eigenvalue weighted by molar-refractivity contribution is 6.06.